The first-order valence-electron chi connectivity index (χ1n) is 6.65. The molecule has 0 aromatic rings. The summed E-state index contributed by atoms with van der Waals surface area (Å²) in [5.41, 5.74) is 2.24. The molecular weight excluding hydrogens is 228 g/mol. The van der Waals surface area contributed by atoms with Gasteiger partial charge in [0.1, 0.15) is 12.4 Å². The fraction of sp³-hybridized carbons (Fsp3) is 0.571. The Balaban J connectivity index is 2.07. The molecule has 1 radical (unpaired) electrons. The average molecular weight is 249 g/mol. The molecule has 0 atom stereocenters. The van der Waals surface area contributed by atoms with Crippen LogP contribution < -0.4 is 5.90 Å². The summed E-state index contributed by atoms with van der Waals surface area (Å²) in [5, 5.41) is 4.19. The highest BCUT2D eigenvalue weighted by Gasteiger charge is 2.19. The predicted molar refractivity (Wildman–Crippen MR) is 71.4 cm³/mol. The molecular formula is C14H21N2O2. The van der Waals surface area contributed by atoms with E-state index in [1.807, 2.05) is 6.42 Å². The van der Waals surface area contributed by atoms with Crippen LogP contribution in [0.3, 0.4) is 0 Å². The minimum absolute atomic E-state index is 0.699. The first-order chi connectivity index (χ1) is 8.90. The summed E-state index contributed by atoms with van der Waals surface area (Å²) in [6.45, 7) is 0.699. The van der Waals surface area contributed by atoms with E-state index in [-0.39, 0.29) is 0 Å². The van der Waals surface area contributed by atoms with Crippen molar-refractivity contribution in [3.63, 3.8) is 0 Å². The number of nitrogens with zero attached hydrogens (tertiary/aromatic N) is 1. The quantitative estimate of drug-likeness (QED) is 0.574. The molecule has 0 unspecified atom stereocenters. The van der Waals surface area contributed by atoms with E-state index >= 15 is 0 Å². The smallest absolute Gasteiger partial charge is 0.124 e. The zero-order valence-corrected chi connectivity index (χ0v) is 10.7. The second-order valence-electron chi connectivity index (χ2n) is 4.65. The molecule has 4 heteroatoms. The first kappa shape index (κ1) is 13.1. The van der Waals surface area contributed by atoms with E-state index in [9.17, 15) is 0 Å². The van der Waals surface area contributed by atoms with Gasteiger partial charge in [-0.2, -0.15) is 5.90 Å². The zero-order chi connectivity index (χ0) is 12.6. The summed E-state index contributed by atoms with van der Waals surface area (Å²) in [6.07, 6.45) is 13.4. The van der Waals surface area contributed by atoms with Gasteiger partial charge in [0.2, 0.25) is 0 Å². The van der Waals surface area contributed by atoms with E-state index in [1.54, 1.807) is 0 Å². The highest BCUT2D eigenvalue weighted by Crippen LogP contribution is 2.26. The van der Waals surface area contributed by atoms with Crippen molar-refractivity contribution in [3.8, 4) is 0 Å². The molecule has 2 N–H and O–H groups in total. The fourth-order valence-corrected chi connectivity index (χ4v) is 2.22. The Hall–Kier alpha value is -1.29. The Morgan fingerprint density at radius 2 is 2.11 bits per heavy atom. The lowest BCUT2D eigenvalue weighted by Crippen LogP contribution is -2.15. The molecule has 2 bridgehead atoms. The number of hydrogen-bond acceptors (Lipinski definition) is 4. The lowest BCUT2D eigenvalue weighted by molar-refractivity contribution is 0.139. The third-order valence-electron chi connectivity index (χ3n) is 3.27. The van der Waals surface area contributed by atoms with Crippen LogP contribution in [-0.2, 0) is 9.68 Å². The molecule has 0 saturated heterocycles. The van der Waals surface area contributed by atoms with E-state index in [4.69, 9.17) is 15.6 Å². The van der Waals surface area contributed by atoms with Crippen molar-refractivity contribution in [3.05, 3.63) is 29.9 Å². The third-order valence-corrected chi connectivity index (χ3v) is 3.27. The van der Waals surface area contributed by atoms with Gasteiger partial charge < -0.3 is 9.68 Å². The second-order valence-corrected chi connectivity index (χ2v) is 4.65. The number of allylic oxidation sites excluding steroid dienone is 4. The highest BCUT2D eigenvalue weighted by atomic mass is 16.6. The summed E-state index contributed by atoms with van der Waals surface area (Å²) in [7, 11) is 0. The summed E-state index contributed by atoms with van der Waals surface area (Å²) in [6, 6.07) is 0. The molecule has 18 heavy (non-hydrogen) atoms. The maximum atomic E-state index is 5.34. The van der Waals surface area contributed by atoms with Crippen molar-refractivity contribution < 1.29 is 9.68 Å². The minimum atomic E-state index is 0.699. The highest BCUT2D eigenvalue weighted by molar-refractivity contribution is 5.95. The molecule has 0 aromatic carbocycles. The predicted octanol–water partition coefficient (Wildman–Crippen LogP) is 3.02. The molecule has 1 aliphatic carbocycles. The van der Waals surface area contributed by atoms with Gasteiger partial charge in [0.05, 0.1) is 5.71 Å². The van der Waals surface area contributed by atoms with E-state index in [0.29, 0.717) is 6.61 Å². The number of rotatable bonds is 1. The fourth-order valence-electron chi connectivity index (χ4n) is 2.22. The normalized spacial score (nSPS) is 26.8. The van der Waals surface area contributed by atoms with Gasteiger partial charge in [-0.05, 0) is 37.7 Å². The molecule has 0 fully saturated rings. The van der Waals surface area contributed by atoms with Crippen molar-refractivity contribution in [2.24, 2.45) is 11.1 Å². The topological polar surface area (TPSA) is 56.8 Å². The number of nitrogens with two attached hydrogens (primary N) is 1. The van der Waals surface area contributed by atoms with Crippen molar-refractivity contribution in [1.82, 2.24) is 0 Å². The monoisotopic (exact) mass is 249 g/mol. The van der Waals surface area contributed by atoms with Gasteiger partial charge in [-0.15, -0.1) is 0 Å². The van der Waals surface area contributed by atoms with Gasteiger partial charge in [-0.25, -0.2) is 0 Å². The Labute approximate surface area is 108 Å². The molecule has 0 saturated carbocycles. The van der Waals surface area contributed by atoms with Crippen LogP contribution in [0.2, 0.25) is 0 Å². The van der Waals surface area contributed by atoms with Gasteiger partial charge in [0, 0.05) is 19.3 Å². The molecule has 1 aliphatic heterocycles. The molecule has 2 rings (SSSR count). The van der Waals surface area contributed by atoms with Crippen LogP contribution in [0.1, 0.15) is 44.9 Å². The SMILES string of the molecule is NOC1=C2CC/C=C\CCCCO/N=C(/[CH]C1)C2. The van der Waals surface area contributed by atoms with E-state index in [1.165, 1.54) is 5.57 Å². The van der Waals surface area contributed by atoms with Crippen LogP contribution in [0, 0.1) is 6.42 Å². The average Bonchev–Trinajstić information content (AvgIpc) is 2.42. The molecule has 0 amide bonds. The van der Waals surface area contributed by atoms with E-state index < -0.39 is 0 Å². The zero-order valence-electron chi connectivity index (χ0n) is 10.7. The Morgan fingerprint density at radius 3 is 3.00 bits per heavy atom. The minimum Gasteiger partial charge on any atom is -0.416 e. The molecule has 4 nitrogen and oxygen atoms in total. The first-order valence-corrected chi connectivity index (χ1v) is 6.65. The van der Waals surface area contributed by atoms with E-state index in [0.717, 1.165) is 56.4 Å². The Morgan fingerprint density at radius 1 is 1.22 bits per heavy atom. The maximum absolute atomic E-state index is 5.34. The van der Waals surface area contributed by atoms with Gasteiger partial charge in [-0.1, -0.05) is 17.3 Å². The summed E-state index contributed by atoms with van der Waals surface area (Å²) in [4.78, 5) is 10.3. The largest absolute Gasteiger partial charge is 0.416 e. The molecule has 0 spiro atoms. The van der Waals surface area contributed by atoms with Crippen molar-refractivity contribution in [2.45, 2.75) is 44.9 Å². The third kappa shape index (κ3) is 3.88. The molecule has 99 valence electrons. The van der Waals surface area contributed by atoms with Crippen LogP contribution in [-0.4, -0.2) is 12.3 Å². The molecule has 1 heterocycles. The van der Waals surface area contributed by atoms with Crippen molar-refractivity contribution >= 4 is 5.71 Å². The van der Waals surface area contributed by atoms with Crippen LogP contribution in [0.4, 0.5) is 0 Å². The van der Waals surface area contributed by atoms with Crippen LogP contribution in [0.25, 0.3) is 0 Å². The Kier molecular flexibility index (Phi) is 5.27. The summed E-state index contributed by atoms with van der Waals surface area (Å²) in [5.74, 6) is 6.20. The van der Waals surface area contributed by atoms with Crippen molar-refractivity contribution in [1.29, 1.82) is 0 Å². The number of oxime groups is 1. The van der Waals surface area contributed by atoms with Gasteiger partial charge in [0.15, 0.2) is 0 Å². The maximum Gasteiger partial charge on any atom is 0.124 e. The van der Waals surface area contributed by atoms with Crippen LogP contribution >= 0.6 is 0 Å². The van der Waals surface area contributed by atoms with Crippen LogP contribution in [0.5, 0.6) is 0 Å². The number of hydrogen-bond donors (Lipinski definition) is 1. The standard InChI is InChI=1S/C14H21N2O2/c15-18-14-9-8-13-11-12(14)7-5-3-1-2-4-6-10-17-16-13/h1,3,8H,2,4-7,9-11,15H2/b3-1-,16-13-. The molecule has 2 aliphatic rings. The number of fused-ring (bicyclic) bond motifs is 2. The van der Waals surface area contributed by atoms with Gasteiger partial charge in [-0.3, -0.25) is 0 Å². The van der Waals surface area contributed by atoms with Crippen LogP contribution in [0.15, 0.2) is 28.6 Å². The van der Waals surface area contributed by atoms with Crippen molar-refractivity contribution in [2.75, 3.05) is 6.61 Å². The lowest BCUT2D eigenvalue weighted by atomic mass is 9.92. The Bertz CT molecular complexity index is 359. The van der Waals surface area contributed by atoms with Gasteiger partial charge >= 0.3 is 0 Å². The second kappa shape index (κ2) is 7.21. The summed E-state index contributed by atoms with van der Waals surface area (Å²) < 4.78 is 0. The molecule has 0 aromatic heterocycles. The summed E-state index contributed by atoms with van der Waals surface area (Å²) >= 11 is 0. The van der Waals surface area contributed by atoms with E-state index in [2.05, 4.69) is 17.3 Å². The lowest BCUT2D eigenvalue weighted by Gasteiger charge is -2.19. The van der Waals surface area contributed by atoms with Gasteiger partial charge in [0.25, 0.3) is 0 Å².